The maximum atomic E-state index is 12.8. The molecule has 0 radical (unpaired) electrons. The lowest BCUT2D eigenvalue weighted by molar-refractivity contribution is -0.166. The van der Waals surface area contributed by atoms with Crippen LogP contribution in [0.1, 0.15) is 239 Å². The summed E-state index contributed by atoms with van der Waals surface area (Å²) in [7, 11) is 0. The van der Waals surface area contributed by atoms with Crippen LogP contribution in [-0.4, -0.2) is 37.2 Å². The summed E-state index contributed by atoms with van der Waals surface area (Å²) >= 11 is 0. The number of hydrogen-bond acceptors (Lipinski definition) is 6. The van der Waals surface area contributed by atoms with E-state index in [1.54, 1.807) is 0 Å². The van der Waals surface area contributed by atoms with Crippen LogP contribution >= 0.6 is 0 Å². The summed E-state index contributed by atoms with van der Waals surface area (Å²) in [5, 5.41) is 0. The standard InChI is InChI=1S/C65H104O6/c1-4-7-10-13-16-19-22-25-28-31-32-35-37-40-43-46-49-52-55-58-64(67)70-61-62(71-65(68)59-56-53-50-47-44-41-38-34-30-27-24-21-18-15-12-9-6-3)60-69-63(66)57-54-51-48-45-42-39-36-33-29-26-23-20-17-14-11-8-5-2/h7,10,16,18-19,21,25-30,32,35,38,40-41,43,47,49-50,52,62H,4-6,8-9,11-15,17,20,22-24,31,33-34,36-37,39,42,44-46,48,51,53-61H2,1-3H3/b10-7-,19-16-,21-18-,28-25-,29-26-,30-27-,35-32-,41-38-,43-40-,50-47-,52-49-. The molecule has 0 aliphatic heterocycles. The average molecular weight is 982 g/mol. The molecule has 0 aromatic heterocycles. The average Bonchev–Trinajstić information content (AvgIpc) is 3.37. The second kappa shape index (κ2) is 58.1. The van der Waals surface area contributed by atoms with Gasteiger partial charge in [0.2, 0.25) is 0 Å². The summed E-state index contributed by atoms with van der Waals surface area (Å²) in [6, 6.07) is 0. The van der Waals surface area contributed by atoms with Crippen LogP contribution in [0.2, 0.25) is 0 Å². The SMILES string of the molecule is CC/C=C\C/C=C\C/C=C\C/C=C\C/C=C\C/C=C\CCC(=O)OCC(COC(=O)CCCCCCCCC/C=C\CCCCCCCC)OC(=O)CCC/C=C\C/C=C\C/C=C\C/C=C\CCCCC. The second-order valence-electron chi connectivity index (χ2n) is 18.5. The minimum absolute atomic E-state index is 0.129. The molecule has 400 valence electrons. The molecular formula is C65H104O6. The first-order chi connectivity index (χ1) is 35.0. The van der Waals surface area contributed by atoms with Crippen molar-refractivity contribution in [1.29, 1.82) is 0 Å². The van der Waals surface area contributed by atoms with E-state index >= 15 is 0 Å². The van der Waals surface area contributed by atoms with Crippen LogP contribution in [0.15, 0.2) is 134 Å². The summed E-state index contributed by atoms with van der Waals surface area (Å²) in [6.07, 6.45) is 81.7. The van der Waals surface area contributed by atoms with Crippen LogP contribution in [0, 0.1) is 0 Å². The zero-order chi connectivity index (χ0) is 51.4. The summed E-state index contributed by atoms with van der Waals surface area (Å²) in [5.74, 6) is -1.08. The Labute approximate surface area is 436 Å². The molecule has 0 N–H and O–H groups in total. The lowest BCUT2D eigenvalue weighted by Gasteiger charge is -2.18. The fourth-order valence-electron chi connectivity index (χ4n) is 7.34. The van der Waals surface area contributed by atoms with Crippen molar-refractivity contribution in [2.45, 2.75) is 245 Å². The molecule has 71 heavy (non-hydrogen) atoms. The minimum atomic E-state index is -0.844. The summed E-state index contributed by atoms with van der Waals surface area (Å²) in [5.41, 5.74) is 0. The molecular weight excluding hydrogens is 877 g/mol. The molecule has 0 rings (SSSR count). The number of hydrogen-bond donors (Lipinski definition) is 0. The highest BCUT2D eigenvalue weighted by Crippen LogP contribution is 2.13. The number of carbonyl (C=O) groups is 3. The van der Waals surface area contributed by atoms with E-state index < -0.39 is 6.10 Å². The van der Waals surface area contributed by atoms with Crippen molar-refractivity contribution in [3.63, 3.8) is 0 Å². The number of allylic oxidation sites excluding steroid dienone is 22. The predicted octanol–water partition coefficient (Wildman–Crippen LogP) is 19.4. The molecule has 0 aromatic rings. The number of ether oxygens (including phenoxy) is 3. The van der Waals surface area contributed by atoms with Gasteiger partial charge in [-0.2, -0.15) is 0 Å². The van der Waals surface area contributed by atoms with E-state index in [0.717, 1.165) is 83.5 Å². The highest BCUT2D eigenvalue weighted by molar-refractivity contribution is 5.71. The first-order valence-corrected chi connectivity index (χ1v) is 28.7. The van der Waals surface area contributed by atoms with Gasteiger partial charge in [0.25, 0.3) is 0 Å². The zero-order valence-electron chi connectivity index (χ0n) is 45.7. The Balaban J connectivity index is 4.61. The van der Waals surface area contributed by atoms with Gasteiger partial charge in [0, 0.05) is 19.3 Å². The van der Waals surface area contributed by atoms with E-state index in [0.29, 0.717) is 19.3 Å². The fraction of sp³-hybridized carbons (Fsp3) is 0.615. The van der Waals surface area contributed by atoms with Gasteiger partial charge in [-0.25, -0.2) is 0 Å². The third-order valence-corrected chi connectivity index (χ3v) is 11.6. The Morgan fingerprint density at radius 2 is 0.592 bits per heavy atom. The number of esters is 3. The van der Waals surface area contributed by atoms with Gasteiger partial charge in [-0.1, -0.05) is 231 Å². The van der Waals surface area contributed by atoms with Crippen molar-refractivity contribution < 1.29 is 28.6 Å². The highest BCUT2D eigenvalue weighted by Gasteiger charge is 2.19. The van der Waals surface area contributed by atoms with Crippen molar-refractivity contribution in [1.82, 2.24) is 0 Å². The number of rotatable bonds is 50. The molecule has 0 spiro atoms. The van der Waals surface area contributed by atoms with Crippen molar-refractivity contribution in [3.8, 4) is 0 Å². The van der Waals surface area contributed by atoms with E-state index in [1.165, 1.54) is 103 Å². The van der Waals surface area contributed by atoms with Crippen LogP contribution in [0.4, 0.5) is 0 Å². The third-order valence-electron chi connectivity index (χ3n) is 11.6. The predicted molar refractivity (Wildman–Crippen MR) is 306 cm³/mol. The van der Waals surface area contributed by atoms with Crippen LogP contribution in [0.5, 0.6) is 0 Å². The van der Waals surface area contributed by atoms with Crippen LogP contribution in [0.3, 0.4) is 0 Å². The van der Waals surface area contributed by atoms with Gasteiger partial charge in [-0.3, -0.25) is 14.4 Å². The zero-order valence-corrected chi connectivity index (χ0v) is 45.7. The summed E-state index contributed by atoms with van der Waals surface area (Å²) in [4.78, 5) is 38.1. The molecule has 0 aliphatic carbocycles. The van der Waals surface area contributed by atoms with E-state index in [1.807, 2.05) is 12.2 Å². The van der Waals surface area contributed by atoms with Gasteiger partial charge < -0.3 is 14.2 Å². The molecule has 1 atom stereocenters. The first-order valence-electron chi connectivity index (χ1n) is 28.7. The van der Waals surface area contributed by atoms with Crippen molar-refractivity contribution in [2.24, 2.45) is 0 Å². The maximum absolute atomic E-state index is 12.8. The fourth-order valence-corrected chi connectivity index (χ4v) is 7.34. The Morgan fingerprint density at radius 3 is 1.03 bits per heavy atom. The first kappa shape index (κ1) is 66.6. The summed E-state index contributed by atoms with van der Waals surface area (Å²) < 4.78 is 16.7. The van der Waals surface area contributed by atoms with Crippen molar-refractivity contribution in [2.75, 3.05) is 13.2 Å². The smallest absolute Gasteiger partial charge is 0.306 e. The number of carbonyl (C=O) groups excluding carboxylic acids is 3. The van der Waals surface area contributed by atoms with Crippen molar-refractivity contribution in [3.05, 3.63) is 134 Å². The molecule has 6 nitrogen and oxygen atoms in total. The molecule has 0 aliphatic rings. The minimum Gasteiger partial charge on any atom is -0.462 e. The molecule has 0 saturated carbocycles. The molecule has 0 bridgehead atoms. The summed E-state index contributed by atoms with van der Waals surface area (Å²) in [6.45, 7) is 6.37. The Kier molecular flexibility index (Phi) is 54.5. The monoisotopic (exact) mass is 981 g/mol. The largest absolute Gasteiger partial charge is 0.462 e. The molecule has 0 heterocycles. The van der Waals surface area contributed by atoms with Gasteiger partial charge in [0.15, 0.2) is 6.10 Å². The van der Waals surface area contributed by atoms with E-state index in [9.17, 15) is 14.4 Å². The van der Waals surface area contributed by atoms with E-state index in [2.05, 4.69) is 142 Å². The topological polar surface area (TPSA) is 78.9 Å². The van der Waals surface area contributed by atoms with Gasteiger partial charge in [0.1, 0.15) is 13.2 Å². The molecule has 6 heteroatoms. The molecule has 0 amide bonds. The third kappa shape index (κ3) is 56.3. The highest BCUT2D eigenvalue weighted by atomic mass is 16.6. The van der Waals surface area contributed by atoms with Gasteiger partial charge in [-0.05, 0) is 122 Å². The van der Waals surface area contributed by atoms with Crippen LogP contribution in [-0.2, 0) is 28.6 Å². The molecule has 0 saturated heterocycles. The van der Waals surface area contributed by atoms with Gasteiger partial charge in [-0.15, -0.1) is 0 Å². The second-order valence-corrected chi connectivity index (χ2v) is 18.5. The maximum Gasteiger partial charge on any atom is 0.306 e. The molecule has 1 unspecified atom stereocenters. The van der Waals surface area contributed by atoms with Gasteiger partial charge in [0.05, 0.1) is 0 Å². The number of unbranched alkanes of at least 4 members (excludes halogenated alkanes) is 17. The van der Waals surface area contributed by atoms with Crippen LogP contribution < -0.4 is 0 Å². The lowest BCUT2D eigenvalue weighted by Crippen LogP contribution is -2.30. The molecule has 0 aromatic carbocycles. The van der Waals surface area contributed by atoms with E-state index in [4.69, 9.17) is 14.2 Å². The normalized spacial score (nSPS) is 13.1. The van der Waals surface area contributed by atoms with Crippen molar-refractivity contribution >= 4 is 17.9 Å². The lowest BCUT2D eigenvalue weighted by atomic mass is 10.1. The Bertz CT molecular complexity index is 1550. The Hall–Kier alpha value is -4.45. The molecule has 0 fully saturated rings. The van der Waals surface area contributed by atoms with Gasteiger partial charge >= 0.3 is 17.9 Å². The Morgan fingerprint density at radius 1 is 0.296 bits per heavy atom. The van der Waals surface area contributed by atoms with E-state index in [-0.39, 0.29) is 44.0 Å². The quantitative estimate of drug-likeness (QED) is 0.0262. The van der Waals surface area contributed by atoms with Crippen LogP contribution in [0.25, 0.3) is 0 Å².